The summed E-state index contributed by atoms with van der Waals surface area (Å²) in [4.78, 5) is 15.7. The molecule has 1 aromatic rings. The molecule has 2 rings (SSSR count). The van der Waals surface area contributed by atoms with Crippen molar-refractivity contribution < 1.29 is 9.53 Å². The molecule has 1 aliphatic rings. The minimum atomic E-state index is -0.408. The highest BCUT2D eigenvalue weighted by molar-refractivity contribution is 9.10. The van der Waals surface area contributed by atoms with Crippen molar-refractivity contribution in [1.82, 2.24) is 4.90 Å². The molecule has 0 spiro atoms. The van der Waals surface area contributed by atoms with Crippen LogP contribution in [0.15, 0.2) is 15.9 Å². The lowest BCUT2D eigenvalue weighted by Gasteiger charge is -2.27. The van der Waals surface area contributed by atoms with E-state index in [1.54, 1.807) is 11.3 Å². The summed E-state index contributed by atoms with van der Waals surface area (Å²) < 4.78 is 6.64. The van der Waals surface area contributed by atoms with Crippen molar-refractivity contribution in [3.05, 3.63) is 20.8 Å². The number of hydrogen-bond donors (Lipinski definition) is 0. The number of halogens is 1. The Kier molecular flexibility index (Phi) is 4.69. The Labute approximate surface area is 127 Å². The second-order valence-corrected chi connectivity index (χ2v) is 7.71. The normalized spacial score (nSPS) is 20.7. The lowest BCUT2D eigenvalue weighted by Crippen LogP contribution is -2.40. The minimum absolute atomic E-state index is 0.0855. The number of carbonyl (C=O) groups excluding carboxylic acids is 1. The van der Waals surface area contributed by atoms with Crippen molar-refractivity contribution in [2.45, 2.75) is 51.8 Å². The van der Waals surface area contributed by atoms with Crippen LogP contribution >= 0.6 is 27.3 Å². The van der Waals surface area contributed by atoms with Gasteiger partial charge in [0.2, 0.25) is 0 Å². The van der Waals surface area contributed by atoms with Gasteiger partial charge in [0, 0.05) is 15.9 Å². The fourth-order valence-electron chi connectivity index (χ4n) is 2.27. The number of nitrogens with zero attached hydrogens (tertiary/aromatic N) is 1. The molecule has 1 saturated heterocycles. The van der Waals surface area contributed by atoms with Crippen LogP contribution in [0.5, 0.6) is 0 Å². The molecule has 0 saturated carbocycles. The van der Waals surface area contributed by atoms with E-state index in [1.165, 1.54) is 4.88 Å². The van der Waals surface area contributed by atoms with E-state index in [0.29, 0.717) is 0 Å². The van der Waals surface area contributed by atoms with Crippen LogP contribution in [-0.4, -0.2) is 29.1 Å². The summed E-state index contributed by atoms with van der Waals surface area (Å²) in [5, 5.41) is 2.07. The molecule has 5 heteroatoms. The zero-order chi connectivity index (χ0) is 14.0. The van der Waals surface area contributed by atoms with Gasteiger partial charge in [-0.3, -0.25) is 9.69 Å². The average molecular weight is 346 g/mol. The van der Waals surface area contributed by atoms with Gasteiger partial charge in [-0.1, -0.05) is 0 Å². The molecule has 0 aliphatic carbocycles. The molecule has 0 bridgehead atoms. The summed E-state index contributed by atoms with van der Waals surface area (Å²) in [6.07, 6.45) is 1.96. The van der Waals surface area contributed by atoms with Gasteiger partial charge in [-0.25, -0.2) is 0 Å². The topological polar surface area (TPSA) is 29.5 Å². The molecular weight excluding hydrogens is 326 g/mol. The maximum absolute atomic E-state index is 12.2. The van der Waals surface area contributed by atoms with Gasteiger partial charge in [0.1, 0.15) is 11.6 Å². The van der Waals surface area contributed by atoms with Crippen LogP contribution in [-0.2, 0) is 16.1 Å². The largest absolute Gasteiger partial charge is 0.459 e. The van der Waals surface area contributed by atoms with Gasteiger partial charge in [0.05, 0.1) is 0 Å². The summed E-state index contributed by atoms with van der Waals surface area (Å²) in [6, 6.07) is 1.96. The number of thiophene rings is 1. The van der Waals surface area contributed by atoms with E-state index in [9.17, 15) is 4.79 Å². The zero-order valence-electron chi connectivity index (χ0n) is 11.6. The van der Waals surface area contributed by atoms with Crippen molar-refractivity contribution in [1.29, 1.82) is 0 Å². The van der Waals surface area contributed by atoms with Crippen LogP contribution in [0.1, 0.15) is 38.5 Å². The van der Waals surface area contributed by atoms with Gasteiger partial charge in [-0.2, -0.15) is 0 Å². The predicted octanol–water partition coefficient (Wildman–Crippen LogP) is 3.82. The van der Waals surface area contributed by atoms with Crippen LogP contribution in [0.4, 0.5) is 0 Å². The number of likely N-dealkylation sites (tertiary alicyclic amines) is 1. The first-order chi connectivity index (χ1) is 8.87. The molecule has 3 nitrogen and oxygen atoms in total. The molecule has 1 aliphatic heterocycles. The Bertz CT molecular complexity index is 453. The van der Waals surface area contributed by atoms with Crippen molar-refractivity contribution >= 4 is 33.2 Å². The SMILES string of the molecule is CC(C)(C)OC(=O)[C@@H]1CCCN1Cc1sccc1Br. The monoisotopic (exact) mass is 345 g/mol. The molecule has 0 radical (unpaired) electrons. The number of esters is 1. The third kappa shape index (κ3) is 4.04. The van der Waals surface area contributed by atoms with E-state index >= 15 is 0 Å². The Morgan fingerprint density at radius 2 is 2.32 bits per heavy atom. The van der Waals surface area contributed by atoms with Gasteiger partial charge in [-0.15, -0.1) is 11.3 Å². The van der Waals surface area contributed by atoms with Crippen LogP contribution in [0.2, 0.25) is 0 Å². The summed E-state index contributed by atoms with van der Waals surface area (Å²) in [5.74, 6) is -0.0855. The van der Waals surface area contributed by atoms with Gasteiger partial charge in [0.15, 0.2) is 0 Å². The van der Waals surface area contributed by atoms with Crippen LogP contribution in [0.3, 0.4) is 0 Å². The second kappa shape index (κ2) is 5.94. The highest BCUT2D eigenvalue weighted by Crippen LogP contribution is 2.28. The summed E-state index contributed by atoms with van der Waals surface area (Å²) in [7, 11) is 0. The lowest BCUT2D eigenvalue weighted by molar-refractivity contribution is -0.160. The lowest BCUT2D eigenvalue weighted by atomic mass is 10.1. The number of hydrogen-bond acceptors (Lipinski definition) is 4. The van der Waals surface area contributed by atoms with E-state index in [4.69, 9.17) is 4.74 Å². The van der Waals surface area contributed by atoms with Gasteiger partial charge in [0.25, 0.3) is 0 Å². The summed E-state index contributed by atoms with van der Waals surface area (Å²) >= 11 is 5.27. The fraction of sp³-hybridized carbons (Fsp3) is 0.643. The van der Waals surface area contributed by atoms with Gasteiger partial charge in [-0.05, 0) is 67.5 Å². The molecule has 1 atom stereocenters. The first kappa shape index (κ1) is 15.0. The van der Waals surface area contributed by atoms with Gasteiger partial charge >= 0.3 is 5.97 Å². The van der Waals surface area contributed by atoms with Crippen LogP contribution < -0.4 is 0 Å². The van der Waals surface area contributed by atoms with E-state index < -0.39 is 5.60 Å². The van der Waals surface area contributed by atoms with E-state index in [1.807, 2.05) is 20.8 Å². The smallest absolute Gasteiger partial charge is 0.323 e. The predicted molar refractivity (Wildman–Crippen MR) is 81.3 cm³/mol. The molecule has 0 amide bonds. The molecule has 0 unspecified atom stereocenters. The molecule has 19 heavy (non-hydrogen) atoms. The Hall–Kier alpha value is -0.390. The third-order valence-electron chi connectivity index (χ3n) is 3.08. The quantitative estimate of drug-likeness (QED) is 0.780. The molecular formula is C14H20BrNO2S. The molecule has 106 valence electrons. The van der Waals surface area contributed by atoms with Crippen LogP contribution in [0, 0.1) is 0 Å². The van der Waals surface area contributed by atoms with Crippen molar-refractivity contribution in [3.8, 4) is 0 Å². The molecule has 0 N–H and O–H groups in total. The average Bonchev–Trinajstić information content (AvgIpc) is 2.87. The maximum atomic E-state index is 12.2. The minimum Gasteiger partial charge on any atom is -0.459 e. The van der Waals surface area contributed by atoms with Gasteiger partial charge < -0.3 is 4.74 Å². The highest BCUT2D eigenvalue weighted by atomic mass is 79.9. The number of rotatable bonds is 3. The van der Waals surface area contributed by atoms with Crippen molar-refractivity contribution in [3.63, 3.8) is 0 Å². The summed E-state index contributed by atoms with van der Waals surface area (Å²) in [6.45, 7) is 7.54. The maximum Gasteiger partial charge on any atom is 0.323 e. The van der Waals surface area contributed by atoms with E-state index in [-0.39, 0.29) is 12.0 Å². The van der Waals surface area contributed by atoms with Crippen molar-refractivity contribution in [2.24, 2.45) is 0 Å². The molecule has 1 fully saturated rings. The molecule has 1 aromatic heterocycles. The van der Waals surface area contributed by atoms with E-state index in [2.05, 4.69) is 32.3 Å². The zero-order valence-corrected chi connectivity index (χ0v) is 14.0. The highest BCUT2D eigenvalue weighted by Gasteiger charge is 2.34. The van der Waals surface area contributed by atoms with Crippen LogP contribution in [0.25, 0.3) is 0 Å². The number of carbonyl (C=O) groups is 1. The Morgan fingerprint density at radius 1 is 1.58 bits per heavy atom. The molecule has 2 heterocycles. The molecule has 0 aromatic carbocycles. The first-order valence-corrected chi connectivity index (χ1v) is 8.23. The first-order valence-electron chi connectivity index (χ1n) is 6.55. The summed E-state index contributed by atoms with van der Waals surface area (Å²) in [5.41, 5.74) is -0.408. The standard InChI is InChI=1S/C14H20BrNO2S/c1-14(2,3)18-13(17)11-5-4-7-16(11)9-12-10(15)6-8-19-12/h6,8,11H,4-5,7,9H2,1-3H3/t11-/m0/s1. The van der Waals surface area contributed by atoms with E-state index in [0.717, 1.165) is 30.4 Å². The Balaban J connectivity index is 2.01. The third-order valence-corrected chi connectivity index (χ3v) is 4.99. The number of ether oxygens (including phenoxy) is 1. The fourth-order valence-corrected chi connectivity index (χ4v) is 3.78. The second-order valence-electron chi connectivity index (χ2n) is 5.85. The Morgan fingerprint density at radius 3 is 2.89 bits per heavy atom. The van der Waals surface area contributed by atoms with Crippen molar-refractivity contribution in [2.75, 3.05) is 6.54 Å².